The highest BCUT2D eigenvalue weighted by Crippen LogP contribution is 2.33. The molecule has 0 radical (unpaired) electrons. The second-order valence-electron chi connectivity index (χ2n) is 7.12. The van der Waals surface area contributed by atoms with Crippen molar-refractivity contribution in [3.8, 4) is 5.75 Å². The molecule has 2 heterocycles. The fraction of sp³-hybridized carbons (Fsp3) is 0.273. The van der Waals surface area contributed by atoms with Gasteiger partial charge in [-0.25, -0.2) is 9.99 Å². The molecule has 0 spiro atoms. The molecular formula is C22H22N4O2. The molecule has 1 amide bonds. The van der Waals surface area contributed by atoms with Crippen molar-refractivity contribution >= 4 is 22.7 Å². The number of nitrogens with zero attached hydrogens (tertiary/aromatic N) is 4. The van der Waals surface area contributed by atoms with Crippen molar-refractivity contribution in [2.75, 3.05) is 7.11 Å². The van der Waals surface area contributed by atoms with E-state index in [1.807, 2.05) is 62.4 Å². The number of hydrogen-bond donors (Lipinski definition) is 0. The smallest absolute Gasteiger partial charge is 0.245 e. The van der Waals surface area contributed by atoms with Crippen molar-refractivity contribution in [2.45, 2.75) is 26.3 Å². The second-order valence-corrected chi connectivity index (χ2v) is 7.12. The number of hydrogen-bond acceptors (Lipinski definition) is 5. The van der Waals surface area contributed by atoms with Crippen LogP contribution < -0.4 is 4.74 Å². The van der Waals surface area contributed by atoms with E-state index in [-0.39, 0.29) is 17.9 Å². The van der Waals surface area contributed by atoms with Crippen LogP contribution in [0.1, 0.15) is 37.6 Å². The van der Waals surface area contributed by atoms with E-state index < -0.39 is 0 Å². The van der Waals surface area contributed by atoms with Crippen LogP contribution in [0.4, 0.5) is 0 Å². The maximum atomic E-state index is 12.8. The van der Waals surface area contributed by atoms with Gasteiger partial charge in [0.05, 0.1) is 35.7 Å². The number of hydrazone groups is 1. The molecule has 1 aromatic heterocycles. The first kappa shape index (κ1) is 18.1. The van der Waals surface area contributed by atoms with E-state index in [2.05, 4.69) is 10.1 Å². The standard InChI is InChI=1S/C22H22N4O2/c1-14(2)22(27)26-21(20-13-23-17-6-4-5-7-18(17)24-20)12-19(25-26)15-8-10-16(28-3)11-9-15/h4-11,13-14,21H,12H2,1-3H3/t21-/m1/s1. The minimum Gasteiger partial charge on any atom is -0.497 e. The Bertz CT molecular complexity index is 1040. The fourth-order valence-corrected chi connectivity index (χ4v) is 3.30. The average Bonchev–Trinajstić information content (AvgIpc) is 3.18. The molecule has 1 atom stereocenters. The minimum absolute atomic E-state index is 0.0246. The van der Waals surface area contributed by atoms with Crippen molar-refractivity contribution in [1.82, 2.24) is 15.0 Å². The Labute approximate surface area is 163 Å². The predicted octanol–water partition coefficient (Wildman–Crippen LogP) is 3.97. The Morgan fingerprint density at radius 3 is 2.50 bits per heavy atom. The maximum absolute atomic E-state index is 12.8. The topological polar surface area (TPSA) is 67.7 Å². The lowest BCUT2D eigenvalue weighted by molar-refractivity contribution is -0.136. The van der Waals surface area contributed by atoms with E-state index in [4.69, 9.17) is 9.72 Å². The first-order chi connectivity index (χ1) is 13.6. The first-order valence-electron chi connectivity index (χ1n) is 9.33. The number of para-hydroxylation sites is 2. The van der Waals surface area contributed by atoms with Crippen molar-refractivity contribution in [1.29, 1.82) is 0 Å². The largest absolute Gasteiger partial charge is 0.497 e. The maximum Gasteiger partial charge on any atom is 0.245 e. The van der Waals surface area contributed by atoms with Gasteiger partial charge in [0.2, 0.25) is 5.91 Å². The number of fused-ring (bicyclic) bond motifs is 1. The van der Waals surface area contributed by atoms with E-state index in [1.54, 1.807) is 18.3 Å². The molecule has 28 heavy (non-hydrogen) atoms. The van der Waals surface area contributed by atoms with Crippen molar-refractivity contribution in [3.63, 3.8) is 0 Å². The molecule has 0 fully saturated rings. The van der Waals surface area contributed by atoms with Gasteiger partial charge in [0.25, 0.3) is 0 Å². The van der Waals surface area contributed by atoms with Crippen molar-refractivity contribution < 1.29 is 9.53 Å². The summed E-state index contributed by atoms with van der Waals surface area (Å²) in [6, 6.07) is 15.2. The summed E-state index contributed by atoms with van der Waals surface area (Å²) in [6.07, 6.45) is 2.35. The van der Waals surface area contributed by atoms with Crippen LogP contribution in [0.15, 0.2) is 59.8 Å². The van der Waals surface area contributed by atoms with Gasteiger partial charge in [-0.15, -0.1) is 0 Å². The van der Waals surface area contributed by atoms with Crippen LogP contribution in [0.3, 0.4) is 0 Å². The Morgan fingerprint density at radius 2 is 1.82 bits per heavy atom. The van der Waals surface area contributed by atoms with Gasteiger partial charge in [-0.1, -0.05) is 26.0 Å². The van der Waals surface area contributed by atoms with E-state index >= 15 is 0 Å². The molecule has 0 unspecified atom stereocenters. The predicted molar refractivity (Wildman–Crippen MR) is 108 cm³/mol. The zero-order valence-corrected chi connectivity index (χ0v) is 16.2. The van der Waals surface area contributed by atoms with Crippen LogP contribution >= 0.6 is 0 Å². The summed E-state index contributed by atoms with van der Waals surface area (Å²) in [7, 11) is 1.64. The summed E-state index contributed by atoms with van der Waals surface area (Å²) in [5.74, 6) is 0.604. The van der Waals surface area contributed by atoms with Crippen LogP contribution in [-0.4, -0.2) is 33.7 Å². The number of benzene rings is 2. The summed E-state index contributed by atoms with van der Waals surface area (Å²) in [4.78, 5) is 22.1. The van der Waals surface area contributed by atoms with Crippen molar-refractivity contribution in [3.05, 3.63) is 66.0 Å². The number of aromatic nitrogens is 2. The molecule has 3 aromatic rings. The Hall–Kier alpha value is -3.28. The quantitative estimate of drug-likeness (QED) is 0.693. The highest BCUT2D eigenvalue weighted by atomic mass is 16.5. The van der Waals surface area contributed by atoms with Crippen molar-refractivity contribution in [2.24, 2.45) is 11.0 Å². The van der Waals surface area contributed by atoms with Gasteiger partial charge >= 0.3 is 0 Å². The minimum atomic E-state index is -0.260. The Morgan fingerprint density at radius 1 is 1.11 bits per heavy atom. The monoisotopic (exact) mass is 374 g/mol. The number of methoxy groups -OCH3 is 1. The summed E-state index contributed by atoms with van der Waals surface area (Å²) >= 11 is 0. The SMILES string of the molecule is COc1ccc(C2=NN(C(=O)C(C)C)[C@@H](c3cnc4ccccc4n3)C2)cc1. The van der Waals surface area contributed by atoms with Crippen LogP contribution in [0.5, 0.6) is 5.75 Å². The van der Waals surface area contributed by atoms with Gasteiger partial charge in [0.15, 0.2) is 0 Å². The van der Waals surface area contributed by atoms with Gasteiger partial charge < -0.3 is 4.74 Å². The third-order valence-electron chi connectivity index (χ3n) is 4.86. The van der Waals surface area contributed by atoms with Gasteiger partial charge in [-0.2, -0.15) is 5.10 Å². The number of ether oxygens (including phenoxy) is 1. The molecule has 6 nitrogen and oxygen atoms in total. The first-order valence-corrected chi connectivity index (χ1v) is 9.33. The summed E-state index contributed by atoms with van der Waals surface area (Å²) in [6.45, 7) is 3.76. The molecule has 0 saturated carbocycles. The number of carbonyl (C=O) groups excluding carboxylic acids is 1. The van der Waals surface area contributed by atoms with E-state index in [9.17, 15) is 4.79 Å². The molecule has 0 aliphatic carbocycles. The van der Waals surface area contributed by atoms with E-state index in [0.717, 1.165) is 33.8 Å². The van der Waals surface area contributed by atoms with Gasteiger partial charge in [0, 0.05) is 12.3 Å². The van der Waals surface area contributed by atoms with Crippen LogP contribution in [0.2, 0.25) is 0 Å². The van der Waals surface area contributed by atoms with Gasteiger partial charge in [-0.05, 0) is 42.0 Å². The molecule has 4 rings (SSSR count). The number of rotatable bonds is 4. The molecule has 0 saturated heterocycles. The number of amides is 1. The van der Waals surface area contributed by atoms with Gasteiger partial charge in [-0.3, -0.25) is 9.78 Å². The summed E-state index contributed by atoms with van der Waals surface area (Å²) in [5, 5.41) is 6.24. The molecular weight excluding hydrogens is 352 g/mol. The molecule has 0 N–H and O–H groups in total. The highest BCUT2D eigenvalue weighted by Gasteiger charge is 2.35. The Kier molecular flexibility index (Phi) is 4.77. The zero-order valence-electron chi connectivity index (χ0n) is 16.2. The molecule has 1 aliphatic heterocycles. The normalized spacial score (nSPS) is 16.5. The summed E-state index contributed by atoms with van der Waals surface area (Å²) in [5.41, 5.74) is 4.23. The van der Waals surface area contributed by atoms with E-state index in [1.165, 1.54) is 0 Å². The van der Waals surface area contributed by atoms with E-state index in [0.29, 0.717) is 6.42 Å². The van der Waals surface area contributed by atoms with Crippen LogP contribution in [-0.2, 0) is 4.79 Å². The average molecular weight is 374 g/mol. The molecule has 0 bridgehead atoms. The lowest BCUT2D eigenvalue weighted by atomic mass is 10.0. The van der Waals surface area contributed by atoms with Gasteiger partial charge in [0.1, 0.15) is 11.8 Å². The molecule has 2 aromatic carbocycles. The zero-order chi connectivity index (χ0) is 19.7. The third-order valence-corrected chi connectivity index (χ3v) is 4.86. The fourth-order valence-electron chi connectivity index (χ4n) is 3.30. The van der Waals surface area contributed by atoms with Crippen LogP contribution in [0.25, 0.3) is 11.0 Å². The second kappa shape index (κ2) is 7.38. The lowest BCUT2D eigenvalue weighted by Crippen LogP contribution is -2.31. The number of carbonyl (C=O) groups is 1. The molecule has 1 aliphatic rings. The summed E-state index contributed by atoms with van der Waals surface area (Å²) < 4.78 is 5.23. The Balaban J connectivity index is 1.71. The highest BCUT2D eigenvalue weighted by molar-refractivity contribution is 6.03. The lowest BCUT2D eigenvalue weighted by Gasteiger charge is -2.22. The van der Waals surface area contributed by atoms with Crippen LogP contribution in [0, 0.1) is 5.92 Å². The molecule has 142 valence electrons. The molecule has 6 heteroatoms. The third kappa shape index (κ3) is 3.33.